The lowest BCUT2D eigenvalue weighted by atomic mass is 9.99. The molecule has 1 fully saturated rings. The number of phenols is 1. The van der Waals surface area contributed by atoms with Crippen LogP contribution in [0.2, 0.25) is 0 Å². The average Bonchev–Trinajstić information content (AvgIpc) is 2.49. The van der Waals surface area contributed by atoms with Gasteiger partial charge in [0.15, 0.2) is 6.29 Å². The highest BCUT2D eigenvalue weighted by Gasteiger charge is 2.43. The van der Waals surface area contributed by atoms with Crippen molar-refractivity contribution in [3.05, 3.63) is 29.8 Å². The van der Waals surface area contributed by atoms with Crippen LogP contribution < -0.4 is 0 Å². The summed E-state index contributed by atoms with van der Waals surface area (Å²) in [4.78, 5) is 0. The van der Waals surface area contributed by atoms with Crippen LogP contribution >= 0.6 is 0 Å². The zero-order chi connectivity index (χ0) is 15.4. The van der Waals surface area contributed by atoms with Gasteiger partial charge in [-0.1, -0.05) is 12.1 Å². The van der Waals surface area contributed by atoms with Crippen LogP contribution in [0.15, 0.2) is 24.3 Å². The zero-order valence-electron chi connectivity index (χ0n) is 11.4. The minimum absolute atomic E-state index is 0.175. The van der Waals surface area contributed by atoms with Crippen molar-refractivity contribution in [3.63, 3.8) is 0 Å². The summed E-state index contributed by atoms with van der Waals surface area (Å²) in [5, 5.41) is 47.3. The van der Waals surface area contributed by atoms with Crippen LogP contribution in [0.3, 0.4) is 0 Å². The van der Waals surface area contributed by atoms with E-state index >= 15 is 0 Å². The summed E-state index contributed by atoms with van der Waals surface area (Å²) in [6, 6.07) is 6.60. The molecule has 0 unspecified atom stereocenters. The van der Waals surface area contributed by atoms with Crippen molar-refractivity contribution in [2.75, 3.05) is 13.2 Å². The van der Waals surface area contributed by atoms with E-state index in [1.165, 1.54) is 0 Å². The number of hydrogen-bond donors (Lipinski definition) is 5. The summed E-state index contributed by atoms with van der Waals surface area (Å²) in [6.07, 6.45) is -5.77. The van der Waals surface area contributed by atoms with Gasteiger partial charge >= 0.3 is 0 Å². The van der Waals surface area contributed by atoms with Gasteiger partial charge in [0.05, 0.1) is 13.2 Å². The molecule has 1 aromatic rings. The third-order valence-corrected chi connectivity index (χ3v) is 3.46. The van der Waals surface area contributed by atoms with Gasteiger partial charge in [0.2, 0.25) is 0 Å². The highest BCUT2D eigenvalue weighted by atomic mass is 16.7. The van der Waals surface area contributed by atoms with Crippen LogP contribution in [-0.2, 0) is 15.9 Å². The van der Waals surface area contributed by atoms with E-state index in [2.05, 4.69) is 0 Å². The van der Waals surface area contributed by atoms with E-state index < -0.39 is 37.3 Å². The second-order valence-electron chi connectivity index (χ2n) is 4.98. The monoisotopic (exact) mass is 300 g/mol. The summed E-state index contributed by atoms with van der Waals surface area (Å²) in [7, 11) is 0. The molecule has 7 nitrogen and oxygen atoms in total. The van der Waals surface area contributed by atoms with Crippen LogP contribution in [0.5, 0.6) is 5.75 Å². The first kappa shape index (κ1) is 16.2. The lowest BCUT2D eigenvalue weighted by molar-refractivity contribution is -0.300. The Balaban J connectivity index is 1.85. The van der Waals surface area contributed by atoms with Gasteiger partial charge in [-0.25, -0.2) is 0 Å². The molecule has 0 aromatic heterocycles. The molecule has 0 spiro atoms. The van der Waals surface area contributed by atoms with Gasteiger partial charge in [-0.05, 0) is 24.1 Å². The maximum Gasteiger partial charge on any atom is 0.186 e. The third kappa shape index (κ3) is 3.91. The lowest BCUT2D eigenvalue weighted by Gasteiger charge is -2.39. The van der Waals surface area contributed by atoms with Gasteiger partial charge in [0, 0.05) is 0 Å². The summed E-state index contributed by atoms with van der Waals surface area (Å²) in [6.45, 7) is -0.268. The first-order chi connectivity index (χ1) is 10.0. The molecule has 1 saturated heterocycles. The number of rotatable bonds is 5. The second kappa shape index (κ2) is 7.17. The van der Waals surface area contributed by atoms with Crippen LogP contribution in [0.25, 0.3) is 0 Å². The first-order valence-electron chi connectivity index (χ1n) is 6.73. The van der Waals surface area contributed by atoms with Crippen LogP contribution in [-0.4, -0.2) is 69.5 Å². The molecule has 2 rings (SSSR count). The van der Waals surface area contributed by atoms with Gasteiger partial charge in [0.25, 0.3) is 0 Å². The largest absolute Gasteiger partial charge is 0.508 e. The van der Waals surface area contributed by atoms with Crippen LogP contribution in [0.4, 0.5) is 0 Å². The Bertz CT molecular complexity index is 433. The maximum atomic E-state index is 9.78. The molecule has 1 aliphatic heterocycles. The highest BCUT2D eigenvalue weighted by Crippen LogP contribution is 2.22. The molecule has 5 N–H and O–H groups in total. The Labute approximate surface area is 122 Å². The smallest absolute Gasteiger partial charge is 0.186 e. The molecule has 0 aliphatic carbocycles. The molecule has 0 bridgehead atoms. The Morgan fingerprint density at radius 3 is 2.29 bits per heavy atom. The second-order valence-corrected chi connectivity index (χ2v) is 4.98. The van der Waals surface area contributed by atoms with Crippen molar-refractivity contribution in [2.24, 2.45) is 0 Å². The quantitative estimate of drug-likeness (QED) is 0.461. The molecular formula is C14H20O7. The van der Waals surface area contributed by atoms with E-state index in [-0.39, 0.29) is 12.4 Å². The number of hydrogen-bond acceptors (Lipinski definition) is 7. The van der Waals surface area contributed by atoms with Crippen molar-refractivity contribution in [2.45, 2.75) is 37.1 Å². The van der Waals surface area contributed by atoms with Gasteiger partial charge in [-0.15, -0.1) is 0 Å². The van der Waals surface area contributed by atoms with E-state index in [1.54, 1.807) is 24.3 Å². The van der Waals surface area contributed by atoms with Crippen LogP contribution in [0.1, 0.15) is 5.56 Å². The Hall–Kier alpha value is -1.22. The molecule has 0 saturated carbocycles. The van der Waals surface area contributed by atoms with Gasteiger partial charge < -0.3 is 35.0 Å². The van der Waals surface area contributed by atoms with Crippen LogP contribution in [0, 0.1) is 0 Å². The molecule has 1 aromatic carbocycles. The predicted molar refractivity (Wildman–Crippen MR) is 71.5 cm³/mol. The maximum absolute atomic E-state index is 9.78. The number of benzene rings is 1. The highest BCUT2D eigenvalue weighted by molar-refractivity contribution is 5.25. The molecule has 7 heteroatoms. The average molecular weight is 300 g/mol. The summed E-state index contributed by atoms with van der Waals surface area (Å²) < 4.78 is 10.6. The third-order valence-electron chi connectivity index (χ3n) is 3.46. The fourth-order valence-electron chi connectivity index (χ4n) is 2.16. The van der Waals surface area contributed by atoms with Crippen molar-refractivity contribution in [3.8, 4) is 5.75 Å². The van der Waals surface area contributed by atoms with Crippen molar-refractivity contribution in [1.29, 1.82) is 0 Å². The topological polar surface area (TPSA) is 120 Å². The molecule has 5 atom stereocenters. The molecule has 118 valence electrons. The SMILES string of the molecule is OC[C@@H]1O[C@H](OCCc2ccc(O)cc2)[C@H](O)[C@H](O)[C@@H]1O. The van der Waals surface area contributed by atoms with Crippen molar-refractivity contribution in [1.82, 2.24) is 0 Å². The number of aromatic hydroxyl groups is 1. The van der Waals surface area contributed by atoms with Crippen molar-refractivity contribution >= 4 is 0 Å². The molecule has 0 radical (unpaired) electrons. The van der Waals surface area contributed by atoms with E-state index in [9.17, 15) is 20.4 Å². The molecule has 0 amide bonds. The van der Waals surface area contributed by atoms with Crippen molar-refractivity contribution < 1.29 is 35.0 Å². The molecule has 1 aliphatic rings. The number of aliphatic hydroxyl groups is 4. The number of phenolic OH excluding ortho intramolecular Hbond substituents is 1. The van der Waals surface area contributed by atoms with E-state index in [0.29, 0.717) is 6.42 Å². The van der Waals surface area contributed by atoms with Gasteiger partial charge in [-0.2, -0.15) is 0 Å². The predicted octanol–water partition coefficient (Wildman–Crippen LogP) is -1.25. The van der Waals surface area contributed by atoms with E-state index in [1.807, 2.05) is 0 Å². The van der Waals surface area contributed by atoms with E-state index in [4.69, 9.17) is 14.6 Å². The Kier molecular flexibility index (Phi) is 5.51. The Morgan fingerprint density at radius 2 is 1.67 bits per heavy atom. The normalized spacial score (nSPS) is 33.0. The van der Waals surface area contributed by atoms with Gasteiger partial charge in [-0.3, -0.25) is 0 Å². The first-order valence-corrected chi connectivity index (χ1v) is 6.73. The summed E-state index contributed by atoms with van der Waals surface area (Å²) in [5.74, 6) is 0.175. The molecule has 1 heterocycles. The zero-order valence-corrected chi connectivity index (χ0v) is 11.4. The fraction of sp³-hybridized carbons (Fsp3) is 0.571. The fourth-order valence-corrected chi connectivity index (χ4v) is 2.16. The molecular weight excluding hydrogens is 280 g/mol. The Morgan fingerprint density at radius 1 is 1.00 bits per heavy atom. The minimum Gasteiger partial charge on any atom is -0.508 e. The van der Waals surface area contributed by atoms with Gasteiger partial charge in [0.1, 0.15) is 30.2 Å². The number of aliphatic hydroxyl groups excluding tert-OH is 4. The molecule has 21 heavy (non-hydrogen) atoms. The van der Waals surface area contributed by atoms with E-state index in [0.717, 1.165) is 5.56 Å². The summed E-state index contributed by atoms with van der Waals surface area (Å²) in [5.41, 5.74) is 0.928. The minimum atomic E-state index is -1.44. The lowest BCUT2D eigenvalue weighted by Crippen LogP contribution is -2.59. The number of ether oxygens (including phenoxy) is 2. The summed E-state index contributed by atoms with van der Waals surface area (Å²) >= 11 is 0. The standard InChI is InChI=1S/C14H20O7/c15-7-10-11(17)12(18)13(19)14(21-10)20-6-5-8-1-3-9(16)4-2-8/h1-4,10-19H,5-7H2/t10-,11+,12+,13+,14-/m0/s1.